The van der Waals surface area contributed by atoms with Gasteiger partial charge in [-0.3, -0.25) is 14.4 Å². The predicted octanol–water partition coefficient (Wildman–Crippen LogP) is 8.83. The van der Waals surface area contributed by atoms with E-state index in [1.54, 1.807) is 19.9 Å². The van der Waals surface area contributed by atoms with E-state index in [-0.39, 0.29) is 22.5 Å². The Morgan fingerprint density at radius 1 is 1.08 bits per heavy atom. The van der Waals surface area contributed by atoms with E-state index in [1.165, 1.54) is 31.9 Å². The second-order valence-electron chi connectivity index (χ2n) is 14.6. The smallest absolute Gasteiger partial charge is 0.418 e. The number of amides is 2. The number of rotatable bonds is 11. The van der Waals surface area contributed by atoms with Crippen LogP contribution in [-0.4, -0.2) is 46.1 Å². The van der Waals surface area contributed by atoms with Crippen molar-refractivity contribution in [3.05, 3.63) is 82.1 Å². The van der Waals surface area contributed by atoms with E-state index in [0.717, 1.165) is 60.5 Å². The number of H-pyrrole nitrogens is 1. The monoisotopic (exact) mass is 834 g/mol. The first-order valence-corrected chi connectivity index (χ1v) is 19.5. The molecule has 5 rings (SSSR count). The van der Waals surface area contributed by atoms with Crippen molar-refractivity contribution in [3.63, 3.8) is 0 Å². The first-order chi connectivity index (χ1) is 27.7. The van der Waals surface area contributed by atoms with Crippen molar-refractivity contribution in [2.24, 2.45) is 17.1 Å². The Morgan fingerprint density at radius 3 is 2.15 bits per heavy atom. The molecule has 2 heterocycles. The van der Waals surface area contributed by atoms with E-state index in [1.807, 2.05) is 0 Å². The molecule has 2 amide bonds. The predicted molar refractivity (Wildman–Crippen MR) is 217 cm³/mol. The molecule has 0 saturated heterocycles. The molecule has 0 saturated carbocycles. The van der Waals surface area contributed by atoms with Gasteiger partial charge >= 0.3 is 6.18 Å². The van der Waals surface area contributed by atoms with Gasteiger partial charge in [-0.1, -0.05) is 90.6 Å². The van der Waals surface area contributed by atoms with Crippen molar-refractivity contribution in [1.29, 1.82) is 0 Å². The van der Waals surface area contributed by atoms with Crippen LogP contribution in [-0.2, 0) is 44.6 Å². The number of nitrogens with one attached hydrogen (secondary N) is 3. The third-order valence-corrected chi connectivity index (χ3v) is 9.24. The standard InChI is InChI=1S/C15H16F3N.C11H12F2N2O2.C10H15N3O.C4H10.C3H6O2/c1-14(2)7-6-12-10(8-14)9-4-3-5-11(13(9)19-12)15(16,17)18;1-6(11(14)17)15-10(16)5-7-8(12)3-2-4-9(7)13;1-5-7(3)9(11-6-2)10-12-8(4)13-14-10;1-3-4-2;1-2-5-3-4/h3-5,19H,6-8H2,1-2H3;2-4,6H,5H2,1H3,(H2,14,17)(H,15,16);2,7,9,11H,5H2,1,3-4H3;3-4H2,1-2H3;3H,2H2,1H3/t;;7?,9-;;/m..0../s1. The van der Waals surface area contributed by atoms with Gasteiger partial charge in [-0.15, -0.1) is 0 Å². The summed E-state index contributed by atoms with van der Waals surface area (Å²) in [5.74, 6) is -1.42. The van der Waals surface area contributed by atoms with E-state index >= 15 is 0 Å². The number of primary amides is 1. The quantitative estimate of drug-likeness (QED) is 0.0504. The molecule has 4 aromatic rings. The third kappa shape index (κ3) is 17.1. The van der Waals surface area contributed by atoms with E-state index in [9.17, 15) is 36.3 Å². The van der Waals surface area contributed by atoms with Gasteiger partial charge in [0, 0.05) is 22.7 Å². The molecule has 0 radical (unpaired) electrons. The molecular formula is C43H59F5N6O5. The maximum absolute atomic E-state index is 13.2. The fraction of sp³-hybridized carbons (Fsp3) is 0.512. The van der Waals surface area contributed by atoms with Gasteiger partial charge in [0.15, 0.2) is 5.82 Å². The lowest BCUT2D eigenvalue weighted by Gasteiger charge is -2.29. The molecule has 326 valence electrons. The van der Waals surface area contributed by atoms with Crippen LogP contribution in [0, 0.1) is 42.4 Å². The van der Waals surface area contributed by atoms with Gasteiger partial charge in [0.1, 0.15) is 23.7 Å². The minimum atomic E-state index is -4.30. The summed E-state index contributed by atoms with van der Waals surface area (Å²) in [6, 6.07) is 9.25. The molecule has 2 unspecified atom stereocenters. The van der Waals surface area contributed by atoms with Crippen LogP contribution in [0.3, 0.4) is 0 Å². The second-order valence-corrected chi connectivity index (χ2v) is 14.6. The number of para-hydroxylation sites is 1. The van der Waals surface area contributed by atoms with Gasteiger partial charge in [-0.2, -0.15) is 18.2 Å². The van der Waals surface area contributed by atoms with Gasteiger partial charge in [0.25, 0.3) is 6.47 Å². The molecule has 1 aliphatic rings. The SMILES string of the molecule is C#CN[C@H](c1nc(C)no1)C(C)CC.CC(NC(=O)Cc1c(F)cccc1F)C(N)=O.CC1(C)CCc2[nH]c3c(C(F)(F)F)cccc3c2C1.CCCC.CCOC=O. The van der Waals surface area contributed by atoms with E-state index in [4.69, 9.17) is 16.7 Å². The number of benzene rings is 2. The fourth-order valence-corrected chi connectivity index (χ4v) is 5.51. The molecule has 0 aliphatic heterocycles. The molecule has 3 atom stereocenters. The lowest BCUT2D eigenvalue weighted by atomic mass is 9.76. The number of aryl methyl sites for hydroxylation is 2. The number of aromatic amines is 1. The Hall–Kier alpha value is -5.46. The Labute approximate surface area is 343 Å². The van der Waals surface area contributed by atoms with Gasteiger partial charge in [0.2, 0.25) is 17.7 Å². The largest absolute Gasteiger partial charge is 0.468 e. The Bertz CT molecular complexity index is 1930. The van der Waals surface area contributed by atoms with Crippen LogP contribution in [0.5, 0.6) is 0 Å². The normalized spacial score (nSPS) is 13.9. The molecule has 5 N–H and O–H groups in total. The maximum Gasteiger partial charge on any atom is 0.418 e. The van der Waals surface area contributed by atoms with Crippen molar-refractivity contribution in [3.8, 4) is 12.5 Å². The Balaban J connectivity index is 0.000000404. The lowest BCUT2D eigenvalue weighted by Crippen LogP contribution is -2.42. The summed E-state index contributed by atoms with van der Waals surface area (Å²) >= 11 is 0. The number of alkyl halides is 3. The Kier molecular flexibility index (Phi) is 22.0. The third-order valence-electron chi connectivity index (χ3n) is 9.24. The van der Waals surface area contributed by atoms with Gasteiger partial charge in [-0.05, 0) is 75.1 Å². The number of aromatic nitrogens is 3. The zero-order valence-electron chi connectivity index (χ0n) is 35.4. The summed E-state index contributed by atoms with van der Waals surface area (Å²) in [6.45, 7) is 18.7. The zero-order chi connectivity index (χ0) is 44.9. The van der Waals surface area contributed by atoms with Gasteiger partial charge in [0.05, 0.1) is 24.1 Å². The van der Waals surface area contributed by atoms with Crippen LogP contribution >= 0.6 is 0 Å². The number of nitrogens with zero attached hydrogens (tertiary/aromatic N) is 2. The number of halogens is 5. The van der Waals surface area contributed by atoms with Crippen molar-refractivity contribution < 1.29 is 45.6 Å². The van der Waals surface area contributed by atoms with E-state index in [2.05, 4.69) is 78.1 Å². The highest BCUT2D eigenvalue weighted by molar-refractivity contribution is 5.88. The zero-order valence-corrected chi connectivity index (χ0v) is 35.4. The molecule has 2 aromatic heterocycles. The van der Waals surface area contributed by atoms with Crippen molar-refractivity contribution >= 4 is 29.2 Å². The summed E-state index contributed by atoms with van der Waals surface area (Å²) in [6.07, 6.45) is 6.75. The number of hydrogen-bond acceptors (Lipinski definition) is 8. The minimum Gasteiger partial charge on any atom is -0.468 e. The van der Waals surface area contributed by atoms with Crippen LogP contribution in [0.15, 0.2) is 40.9 Å². The summed E-state index contributed by atoms with van der Waals surface area (Å²) < 4.78 is 74.7. The average Bonchev–Trinajstić information content (AvgIpc) is 3.78. The van der Waals surface area contributed by atoms with Crippen LogP contribution < -0.4 is 16.4 Å². The topological polar surface area (TPSA) is 165 Å². The fourth-order valence-electron chi connectivity index (χ4n) is 5.51. The number of hydrogen-bond donors (Lipinski definition) is 4. The van der Waals surface area contributed by atoms with E-state index in [0.29, 0.717) is 30.7 Å². The Morgan fingerprint density at radius 2 is 1.69 bits per heavy atom. The minimum absolute atomic E-state index is 0.0498. The number of terminal acetylenes is 1. The number of fused-ring (bicyclic) bond motifs is 3. The highest BCUT2D eigenvalue weighted by Crippen LogP contribution is 2.41. The van der Waals surface area contributed by atoms with Crippen molar-refractivity contribution in [2.75, 3.05) is 6.61 Å². The highest BCUT2D eigenvalue weighted by atomic mass is 19.4. The molecule has 16 heteroatoms. The van der Waals surface area contributed by atoms with Crippen LogP contribution in [0.25, 0.3) is 10.9 Å². The van der Waals surface area contributed by atoms with Crippen molar-refractivity contribution in [1.82, 2.24) is 25.8 Å². The molecule has 11 nitrogen and oxygen atoms in total. The number of ether oxygens (including phenoxy) is 1. The summed E-state index contributed by atoms with van der Waals surface area (Å²) in [5.41, 5.74) is 6.50. The first-order valence-electron chi connectivity index (χ1n) is 19.5. The molecular weight excluding hydrogens is 776 g/mol. The summed E-state index contributed by atoms with van der Waals surface area (Å²) in [7, 11) is 0. The number of carbonyl (C=O) groups is 3. The molecule has 59 heavy (non-hydrogen) atoms. The van der Waals surface area contributed by atoms with Crippen LogP contribution in [0.4, 0.5) is 22.0 Å². The summed E-state index contributed by atoms with van der Waals surface area (Å²) in [4.78, 5) is 38.4. The average molecular weight is 835 g/mol. The highest BCUT2D eigenvalue weighted by Gasteiger charge is 2.35. The number of nitrogens with two attached hydrogens (primary N) is 1. The second kappa shape index (κ2) is 25.1. The maximum atomic E-state index is 13.2. The van der Waals surface area contributed by atoms with Crippen LogP contribution in [0.1, 0.15) is 121 Å². The van der Waals surface area contributed by atoms with E-state index < -0.39 is 47.7 Å². The lowest BCUT2D eigenvalue weighted by molar-refractivity contribution is -0.136. The van der Waals surface area contributed by atoms with Gasteiger partial charge < -0.3 is 30.6 Å². The first kappa shape index (κ1) is 51.6. The molecule has 0 fully saturated rings. The number of unbranched alkanes of at least 4 members (excludes halogenated alkanes) is 1. The molecule has 2 aromatic carbocycles. The van der Waals surface area contributed by atoms with Crippen molar-refractivity contribution in [2.45, 2.75) is 126 Å². The number of carbonyl (C=O) groups excluding carboxylic acids is 3. The molecule has 0 bridgehead atoms. The van der Waals surface area contributed by atoms with Crippen LogP contribution in [0.2, 0.25) is 0 Å². The van der Waals surface area contributed by atoms with Gasteiger partial charge in [-0.25, -0.2) is 8.78 Å². The molecule has 0 spiro atoms. The summed E-state index contributed by atoms with van der Waals surface area (Å²) in [5, 5.41) is 9.61. The molecule has 1 aliphatic carbocycles.